The predicted molar refractivity (Wildman–Crippen MR) is 71.3 cm³/mol. The molecule has 2 heterocycles. The highest BCUT2D eigenvalue weighted by molar-refractivity contribution is 5.93. The first kappa shape index (κ1) is 11.8. The zero-order valence-corrected chi connectivity index (χ0v) is 10.4. The molecule has 0 aliphatic carbocycles. The van der Waals surface area contributed by atoms with Gasteiger partial charge in [0.25, 0.3) is 0 Å². The summed E-state index contributed by atoms with van der Waals surface area (Å²) < 4.78 is 0. The second-order valence-corrected chi connectivity index (χ2v) is 5.03. The summed E-state index contributed by atoms with van der Waals surface area (Å²) in [7, 11) is 0. The molecule has 2 N–H and O–H groups in total. The van der Waals surface area contributed by atoms with Crippen LogP contribution in [0.5, 0.6) is 0 Å². The van der Waals surface area contributed by atoms with Gasteiger partial charge in [0.05, 0.1) is 5.54 Å². The van der Waals surface area contributed by atoms with Gasteiger partial charge in [-0.3, -0.25) is 4.79 Å². The molecule has 0 radical (unpaired) electrons. The van der Waals surface area contributed by atoms with E-state index < -0.39 is 0 Å². The van der Waals surface area contributed by atoms with Gasteiger partial charge in [0, 0.05) is 25.7 Å². The van der Waals surface area contributed by atoms with Crippen LogP contribution < -0.4 is 10.6 Å². The Hall–Kier alpha value is -2.30. The van der Waals surface area contributed by atoms with Crippen LogP contribution in [0.2, 0.25) is 0 Å². The zero-order chi connectivity index (χ0) is 13.3. The van der Waals surface area contributed by atoms with E-state index in [4.69, 9.17) is 0 Å². The van der Waals surface area contributed by atoms with Gasteiger partial charge in [0.15, 0.2) is 0 Å². The molecular weight excluding hydrogens is 242 g/mol. The second-order valence-electron chi connectivity index (χ2n) is 5.03. The van der Waals surface area contributed by atoms with E-state index in [1.54, 1.807) is 17.1 Å². The molecule has 5 heteroatoms. The molecular formula is C14H15N3O2. The summed E-state index contributed by atoms with van der Waals surface area (Å²) in [5.41, 5.74) is 0.759. The van der Waals surface area contributed by atoms with Gasteiger partial charge in [0.2, 0.25) is 5.91 Å². The first-order chi connectivity index (χ1) is 9.17. The Kier molecular flexibility index (Phi) is 2.74. The summed E-state index contributed by atoms with van der Waals surface area (Å²) >= 11 is 0. The fourth-order valence-electron chi connectivity index (χ4n) is 2.45. The summed E-state index contributed by atoms with van der Waals surface area (Å²) in [5.74, 6) is -0.0179. The number of likely N-dealkylation sites (tertiary alicyclic amines) is 1. The van der Waals surface area contributed by atoms with Crippen molar-refractivity contribution >= 4 is 18.0 Å². The van der Waals surface area contributed by atoms with Crippen molar-refractivity contribution in [3.63, 3.8) is 0 Å². The molecule has 3 amide bonds. The molecule has 0 atom stereocenters. The van der Waals surface area contributed by atoms with E-state index in [0.717, 1.165) is 5.56 Å². The van der Waals surface area contributed by atoms with E-state index in [1.165, 1.54) is 0 Å². The lowest BCUT2D eigenvalue weighted by Gasteiger charge is -2.46. The number of nitrogens with one attached hydrogen (secondary N) is 2. The van der Waals surface area contributed by atoms with Crippen LogP contribution in [0.25, 0.3) is 6.08 Å². The van der Waals surface area contributed by atoms with Crippen LogP contribution in [-0.4, -0.2) is 42.0 Å². The summed E-state index contributed by atoms with van der Waals surface area (Å²) in [5, 5.41) is 5.58. The molecule has 2 saturated heterocycles. The van der Waals surface area contributed by atoms with Gasteiger partial charge in [0.1, 0.15) is 0 Å². The van der Waals surface area contributed by atoms with Crippen molar-refractivity contribution in [2.24, 2.45) is 0 Å². The zero-order valence-electron chi connectivity index (χ0n) is 10.4. The molecule has 1 aromatic carbocycles. The highest BCUT2D eigenvalue weighted by Crippen LogP contribution is 2.23. The number of amides is 3. The van der Waals surface area contributed by atoms with Crippen LogP contribution in [0.15, 0.2) is 36.4 Å². The first-order valence-electron chi connectivity index (χ1n) is 6.25. The maximum Gasteiger partial charge on any atom is 0.315 e. The van der Waals surface area contributed by atoms with Crippen molar-refractivity contribution in [1.82, 2.24) is 15.5 Å². The highest BCUT2D eigenvalue weighted by Gasteiger charge is 2.49. The maximum absolute atomic E-state index is 11.9. The molecule has 0 unspecified atom stereocenters. The van der Waals surface area contributed by atoms with Gasteiger partial charge in [-0.25, -0.2) is 4.79 Å². The number of hydrogen-bond donors (Lipinski definition) is 2. The predicted octanol–water partition coefficient (Wildman–Crippen LogP) is 0.594. The average Bonchev–Trinajstić information content (AvgIpc) is 2.78. The smallest absolute Gasteiger partial charge is 0.315 e. The quantitative estimate of drug-likeness (QED) is 0.762. The molecule has 0 saturated carbocycles. The normalized spacial score (nSPS) is 20.2. The summed E-state index contributed by atoms with van der Waals surface area (Å²) in [6.45, 7) is 1.74. The minimum absolute atomic E-state index is 0.0179. The molecule has 3 rings (SSSR count). The molecule has 0 bridgehead atoms. The van der Waals surface area contributed by atoms with Crippen molar-refractivity contribution in [2.75, 3.05) is 19.6 Å². The number of carbonyl (C=O) groups excluding carboxylic acids is 2. The first-order valence-corrected chi connectivity index (χ1v) is 6.25. The van der Waals surface area contributed by atoms with Gasteiger partial charge in [-0.1, -0.05) is 30.3 Å². The minimum Gasteiger partial charge on any atom is -0.336 e. The van der Waals surface area contributed by atoms with Crippen molar-refractivity contribution < 1.29 is 9.59 Å². The van der Waals surface area contributed by atoms with Crippen LogP contribution in [-0.2, 0) is 4.79 Å². The third-order valence-corrected chi connectivity index (χ3v) is 3.48. The minimum atomic E-state index is -0.243. The van der Waals surface area contributed by atoms with Gasteiger partial charge in [-0.15, -0.1) is 0 Å². The van der Waals surface area contributed by atoms with Crippen molar-refractivity contribution in [3.8, 4) is 0 Å². The third kappa shape index (κ3) is 2.31. The van der Waals surface area contributed by atoms with Gasteiger partial charge >= 0.3 is 6.03 Å². The van der Waals surface area contributed by atoms with Gasteiger partial charge in [-0.2, -0.15) is 0 Å². The SMILES string of the molecule is O=C1NCC2(CN(C(=O)/C=C/c3ccccc3)C2)N1. The Morgan fingerprint density at radius 3 is 2.63 bits per heavy atom. The largest absolute Gasteiger partial charge is 0.336 e. The van der Waals surface area contributed by atoms with Crippen molar-refractivity contribution in [3.05, 3.63) is 42.0 Å². The van der Waals surface area contributed by atoms with E-state index in [0.29, 0.717) is 19.6 Å². The number of benzene rings is 1. The standard InChI is InChI=1S/C14H15N3O2/c18-12(7-6-11-4-2-1-3-5-11)17-9-14(10-17)8-15-13(19)16-14/h1-7H,8-10H2,(H2,15,16,19)/b7-6+. The average molecular weight is 257 g/mol. The second kappa shape index (κ2) is 4.42. The van der Waals surface area contributed by atoms with E-state index in [-0.39, 0.29) is 17.5 Å². The summed E-state index contributed by atoms with van der Waals surface area (Å²) in [4.78, 5) is 24.8. The molecule has 2 aliphatic heterocycles. The molecule has 1 spiro atoms. The summed E-state index contributed by atoms with van der Waals surface area (Å²) in [6, 6.07) is 9.55. The number of nitrogens with zero attached hydrogens (tertiary/aromatic N) is 1. The number of hydrogen-bond acceptors (Lipinski definition) is 2. The van der Waals surface area contributed by atoms with E-state index >= 15 is 0 Å². The third-order valence-electron chi connectivity index (χ3n) is 3.48. The Morgan fingerprint density at radius 2 is 2.00 bits per heavy atom. The molecule has 0 aromatic heterocycles. The Labute approximate surface area is 111 Å². The monoisotopic (exact) mass is 257 g/mol. The van der Waals surface area contributed by atoms with Crippen LogP contribution >= 0.6 is 0 Å². The van der Waals surface area contributed by atoms with E-state index in [1.807, 2.05) is 30.3 Å². The Morgan fingerprint density at radius 1 is 1.26 bits per heavy atom. The lowest BCUT2D eigenvalue weighted by Crippen LogP contribution is -2.69. The molecule has 19 heavy (non-hydrogen) atoms. The Balaban J connectivity index is 1.56. The number of rotatable bonds is 2. The van der Waals surface area contributed by atoms with Crippen molar-refractivity contribution in [2.45, 2.75) is 5.54 Å². The van der Waals surface area contributed by atoms with Crippen molar-refractivity contribution in [1.29, 1.82) is 0 Å². The molecule has 2 aliphatic rings. The fraction of sp³-hybridized carbons (Fsp3) is 0.286. The molecule has 5 nitrogen and oxygen atoms in total. The van der Waals surface area contributed by atoms with Crippen LogP contribution in [0, 0.1) is 0 Å². The lowest BCUT2D eigenvalue weighted by atomic mass is 9.91. The summed E-state index contributed by atoms with van der Waals surface area (Å²) in [6.07, 6.45) is 3.38. The van der Waals surface area contributed by atoms with Gasteiger partial charge < -0.3 is 15.5 Å². The van der Waals surface area contributed by atoms with Crippen LogP contribution in [0.1, 0.15) is 5.56 Å². The van der Waals surface area contributed by atoms with E-state index in [9.17, 15) is 9.59 Å². The highest BCUT2D eigenvalue weighted by atomic mass is 16.2. The molecule has 1 aromatic rings. The topological polar surface area (TPSA) is 61.4 Å². The van der Waals surface area contributed by atoms with Crippen LogP contribution in [0.3, 0.4) is 0 Å². The molecule has 2 fully saturated rings. The van der Waals surface area contributed by atoms with E-state index in [2.05, 4.69) is 10.6 Å². The Bertz CT molecular complexity index is 533. The maximum atomic E-state index is 11.9. The lowest BCUT2D eigenvalue weighted by molar-refractivity contribution is -0.133. The molecule has 98 valence electrons. The fourth-order valence-corrected chi connectivity index (χ4v) is 2.45. The number of urea groups is 1. The van der Waals surface area contributed by atoms with Gasteiger partial charge in [-0.05, 0) is 11.6 Å². The van der Waals surface area contributed by atoms with Crippen LogP contribution in [0.4, 0.5) is 4.79 Å². The number of carbonyl (C=O) groups is 2.